The van der Waals surface area contributed by atoms with Crippen LogP contribution in [0.5, 0.6) is 0 Å². The molecular formula is C10H19NO. The van der Waals surface area contributed by atoms with Gasteiger partial charge in [-0.05, 0) is 32.2 Å². The molecule has 2 nitrogen and oxygen atoms in total. The standard InChI is InChI=1S/C8H13NO.C2H6/c1-2-7(1)5-8(6-10-8)3-4-9-7;1-2/h9H,1-6H2;1-2H3. The first-order valence-corrected chi connectivity index (χ1v) is 5.22. The van der Waals surface area contributed by atoms with Crippen molar-refractivity contribution >= 4 is 0 Å². The summed E-state index contributed by atoms with van der Waals surface area (Å²) in [5, 5.41) is 3.59. The van der Waals surface area contributed by atoms with Crippen LogP contribution in [0.3, 0.4) is 0 Å². The van der Waals surface area contributed by atoms with Crippen LogP contribution in [0.2, 0.25) is 0 Å². The summed E-state index contributed by atoms with van der Waals surface area (Å²) in [6, 6.07) is 0. The minimum atomic E-state index is 0.363. The molecule has 0 aromatic heterocycles. The van der Waals surface area contributed by atoms with Gasteiger partial charge in [0.2, 0.25) is 0 Å². The molecule has 12 heavy (non-hydrogen) atoms. The average molecular weight is 169 g/mol. The van der Waals surface area contributed by atoms with Gasteiger partial charge >= 0.3 is 0 Å². The second kappa shape index (κ2) is 2.71. The summed E-state index contributed by atoms with van der Waals surface area (Å²) in [4.78, 5) is 0. The Balaban J connectivity index is 0.000000264. The molecule has 0 aromatic rings. The van der Waals surface area contributed by atoms with E-state index in [1.54, 1.807) is 0 Å². The van der Waals surface area contributed by atoms with Gasteiger partial charge in [0.05, 0.1) is 12.2 Å². The predicted octanol–water partition coefficient (Wildman–Crippen LogP) is 1.70. The highest BCUT2D eigenvalue weighted by Gasteiger charge is 2.57. The van der Waals surface area contributed by atoms with Gasteiger partial charge in [0.15, 0.2) is 0 Å². The van der Waals surface area contributed by atoms with Crippen molar-refractivity contribution in [3.05, 3.63) is 0 Å². The molecular weight excluding hydrogens is 150 g/mol. The van der Waals surface area contributed by atoms with Gasteiger partial charge in [0.25, 0.3) is 0 Å². The minimum Gasteiger partial charge on any atom is -0.369 e. The highest BCUT2D eigenvalue weighted by atomic mass is 16.6. The first-order valence-electron chi connectivity index (χ1n) is 5.22. The molecule has 1 aliphatic carbocycles. The molecule has 0 amide bonds. The molecule has 2 heterocycles. The molecule has 2 spiro atoms. The van der Waals surface area contributed by atoms with E-state index in [-0.39, 0.29) is 0 Å². The molecule has 0 radical (unpaired) electrons. The van der Waals surface area contributed by atoms with Gasteiger partial charge in [-0.2, -0.15) is 0 Å². The number of rotatable bonds is 0. The fourth-order valence-electron chi connectivity index (χ4n) is 2.18. The molecule has 1 saturated carbocycles. The Morgan fingerprint density at radius 2 is 1.83 bits per heavy atom. The lowest BCUT2D eigenvalue weighted by atomic mass is 9.91. The lowest BCUT2D eigenvalue weighted by Crippen LogP contribution is -2.43. The van der Waals surface area contributed by atoms with Gasteiger partial charge in [0, 0.05) is 5.54 Å². The first-order chi connectivity index (χ1) is 5.83. The zero-order chi connectivity index (χ0) is 8.66. The summed E-state index contributed by atoms with van der Waals surface area (Å²) in [6.45, 7) is 6.22. The van der Waals surface area contributed by atoms with E-state index in [1.807, 2.05) is 13.8 Å². The van der Waals surface area contributed by atoms with E-state index in [9.17, 15) is 0 Å². The largest absolute Gasteiger partial charge is 0.369 e. The third-order valence-corrected chi connectivity index (χ3v) is 3.15. The van der Waals surface area contributed by atoms with Crippen LogP contribution in [-0.2, 0) is 4.74 Å². The molecule has 1 atom stereocenters. The molecule has 0 bridgehead atoms. The number of ether oxygens (including phenoxy) is 1. The van der Waals surface area contributed by atoms with E-state index in [2.05, 4.69) is 5.32 Å². The van der Waals surface area contributed by atoms with Gasteiger partial charge in [0.1, 0.15) is 0 Å². The Morgan fingerprint density at radius 1 is 1.17 bits per heavy atom. The van der Waals surface area contributed by atoms with Crippen LogP contribution in [0.4, 0.5) is 0 Å². The quantitative estimate of drug-likeness (QED) is 0.558. The number of hydrogen-bond donors (Lipinski definition) is 1. The zero-order valence-corrected chi connectivity index (χ0v) is 8.15. The van der Waals surface area contributed by atoms with Crippen molar-refractivity contribution < 1.29 is 4.74 Å². The van der Waals surface area contributed by atoms with E-state index in [4.69, 9.17) is 4.74 Å². The molecule has 2 saturated heterocycles. The number of epoxide rings is 1. The van der Waals surface area contributed by atoms with Crippen LogP contribution in [0.15, 0.2) is 0 Å². The molecule has 2 aliphatic heterocycles. The van der Waals surface area contributed by atoms with Crippen LogP contribution in [0, 0.1) is 0 Å². The minimum absolute atomic E-state index is 0.363. The van der Waals surface area contributed by atoms with E-state index in [1.165, 1.54) is 32.2 Å². The highest BCUT2D eigenvalue weighted by Crippen LogP contribution is 2.51. The number of nitrogens with one attached hydrogen (secondary N) is 1. The average Bonchev–Trinajstić information content (AvgIpc) is 3.00. The Morgan fingerprint density at radius 3 is 2.33 bits per heavy atom. The van der Waals surface area contributed by atoms with Gasteiger partial charge in [-0.1, -0.05) is 13.8 Å². The first kappa shape index (κ1) is 8.52. The molecule has 1 N–H and O–H groups in total. The van der Waals surface area contributed by atoms with Crippen molar-refractivity contribution in [2.75, 3.05) is 13.2 Å². The van der Waals surface area contributed by atoms with Gasteiger partial charge in [-0.25, -0.2) is 0 Å². The lowest BCUT2D eigenvalue weighted by Gasteiger charge is -2.27. The van der Waals surface area contributed by atoms with Crippen LogP contribution in [-0.4, -0.2) is 24.3 Å². The Hall–Kier alpha value is -0.0800. The summed E-state index contributed by atoms with van der Waals surface area (Å²) >= 11 is 0. The van der Waals surface area contributed by atoms with Gasteiger partial charge < -0.3 is 10.1 Å². The van der Waals surface area contributed by atoms with Crippen LogP contribution < -0.4 is 5.32 Å². The normalized spacial score (nSPS) is 40.5. The van der Waals surface area contributed by atoms with E-state index < -0.39 is 0 Å². The van der Waals surface area contributed by atoms with Crippen molar-refractivity contribution in [1.82, 2.24) is 5.32 Å². The van der Waals surface area contributed by atoms with Crippen LogP contribution >= 0.6 is 0 Å². The van der Waals surface area contributed by atoms with Gasteiger partial charge in [-0.15, -0.1) is 0 Å². The zero-order valence-electron chi connectivity index (χ0n) is 8.15. The maximum Gasteiger partial charge on any atom is 0.0946 e. The van der Waals surface area contributed by atoms with Crippen molar-refractivity contribution in [3.8, 4) is 0 Å². The Labute approximate surface area is 74.7 Å². The third-order valence-electron chi connectivity index (χ3n) is 3.15. The summed E-state index contributed by atoms with van der Waals surface area (Å²) < 4.78 is 5.47. The third kappa shape index (κ3) is 1.38. The summed E-state index contributed by atoms with van der Waals surface area (Å²) in [6.07, 6.45) is 5.31. The Kier molecular flexibility index (Phi) is 1.92. The lowest BCUT2D eigenvalue weighted by molar-refractivity contribution is 0.203. The number of piperidine rings is 1. The van der Waals surface area contributed by atoms with E-state index in [0.29, 0.717) is 11.1 Å². The van der Waals surface area contributed by atoms with Crippen LogP contribution in [0.1, 0.15) is 39.5 Å². The monoisotopic (exact) mass is 169 g/mol. The van der Waals surface area contributed by atoms with Crippen molar-refractivity contribution in [3.63, 3.8) is 0 Å². The van der Waals surface area contributed by atoms with E-state index in [0.717, 1.165) is 6.61 Å². The van der Waals surface area contributed by atoms with Crippen molar-refractivity contribution in [2.24, 2.45) is 0 Å². The Bertz CT molecular complexity index is 153. The topological polar surface area (TPSA) is 24.6 Å². The SMILES string of the molecule is C1CC2(CO2)CC2(CC2)N1.CC. The molecule has 3 aliphatic rings. The van der Waals surface area contributed by atoms with Crippen LogP contribution in [0.25, 0.3) is 0 Å². The second-order valence-electron chi connectivity index (χ2n) is 4.11. The highest BCUT2D eigenvalue weighted by molar-refractivity contribution is 5.13. The fraction of sp³-hybridized carbons (Fsp3) is 1.00. The second-order valence-corrected chi connectivity index (χ2v) is 4.11. The maximum absolute atomic E-state index is 5.47. The fourth-order valence-corrected chi connectivity index (χ4v) is 2.18. The molecule has 0 aromatic carbocycles. The molecule has 2 heteroatoms. The summed E-state index contributed by atoms with van der Waals surface area (Å²) in [5.74, 6) is 0. The molecule has 3 rings (SSSR count). The molecule has 3 fully saturated rings. The molecule has 1 unspecified atom stereocenters. The predicted molar refractivity (Wildman–Crippen MR) is 49.2 cm³/mol. The molecule has 70 valence electrons. The van der Waals surface area contributed by atoms with Crippen molar-refractivity contribution in [1.29, 1.82) is 0 Å². The van der Waals surface area contributed by atoms with Crippen molar-refractivity contribution in [2.45, 2.75) is 50.7 Å². The van der Waals surface area contributed by atoms with Gasteiger partial charge in [-0.3, -0.25) is 0 Å². The van der Waals surface area contributed by atoms with E-state index >= 15 is 0 Å². The summed E-state index contributed by atoms with van der Waals surface area (Å²) in [7, 11) is 0. The number of hydrogen-bond acceptors (Lipinski definition) is 2. The maximum atomic E-state index is 5.47. The smallest absolute Gasteiger partial charge is 0.0946 e. The summed E-state index contributed by atoms with van der Waals surface area (Å²) in [5.41, 5.74) is 0.913.